The van der Waals surface area contributed by atoms with Crippen LogP contribution >= 0.6 is 11.8 Å². The van der Waals surface area contributed by atoms with Gasteiger partial charge in [-0.3, -0.25) is 4.79 Å². The number of aryl methyl sites for hydroxylation is 1. The Labute approximate surface area is 150 Å². The molecule has 3 rings (SSSR count). The number of anilines is 1. The second-order valence-electron chi connectivity index (χ2n) is 5.57. The highest BCUT2D eigenvalue weighted by molar-refractivity contribution is 8.00. The summed E-state index contributed by atoms with van der Waals surface area (Å²) in [5, 5.41) is 12.2. The highest BCUT2D eigenvalue weighted by Gasteiger charge is 2.19. The Morgan fingerprint density at radius 1 is 1.28 bits per heavy atom. The number of nitrogens with one attached hydrogen (secondary N) is 1. The average molecular weight is 350 g/mol. The Hall–Kier alpha value is -2.78. The van der Waals surface area contributed by atoms with Gasteiger partial charge in [0.25, 0.3) is 0 Å². The zero-order valence-corrected chi connectivity index (χ0v) is 14.9. The molecule has 2 aromatic carbocycles. The van der Waals surface area contributed by atoms with Crippen molar-refractivity contribution >= 4 is 34.4 Å². The van der Waals surface area contributed by atoms with Gasteiger partial charge < -0.3 is 9.88 Å². The number of amides is 1. The smallest absolute Gasteiger partial charge is 0.237 e. The molecule has 0 bridgehead atoms. The fourth-order valence-electron chi connectivity index (χ4n) is 2.53. The van der Waals surface area contributed by atoms with Crippen LogP contribution in [-0.4, -0.2) is 20.7 Å². The zero-order chi connectivity index (χ0) is 17.8. The van der Waals surface area contributed by atoms with Gasteiger partial charge in [0.2, 0.25) is 5.91 Å². The lowest BCUT2D eigenvalue weighted by Crippen LogP contribution is -2.22. The van der Waals surface area contributed by atoms with Gasteiger partial charge in [-0.05, 0) is 50.2 Å². The molecule has 0 unspecified atom stereocenters. The predicted octanol–water partition coefficient (Wildman–Crippen LogP) is 4.05. The van der Waals surface area contributed by atoms with Gasteiger partial charge in [-0.1, -0.05) is 23.9 Å². The van der Waals surface area contributed by atoms with Crippen LogP contribution in [0.15, 0.2) is 53.7 Å². The predicted molar refractivity (Wildman–Crippen MR) is 101 cm³/mol. The van der Waals surface area contributed by atoms with Crippen molar-refractivity contribution in [1.29, 1.82) is 5.26 Å². The number of fused-ring (bicyclic) bond motifs is 1. The Morgan fingerprint density at radius 2 is 2.00 bits per heavy atom. The molecular weight excluding hydrogens is 332 g/mol. The molecule has 126 valence electrons. The molecule has 0 aliphatic heterocycles. The van der Waals surface area contributed by atoms with Crippen LogP contribution in [0.5, 0.6) is 0 Å². The molecule has 0 aliphatic rings. The Kier molecular flexibility index (Phi) is 5.05. The highest BCUT2D eigenvalue weighted by Crippen LogP contribution is 2.27. The van der Waals surface area contributed by atoms with E-state index in [1.54, 1.807) is 24.3 Å². The van der Waals surface area contributed by atoms with Crippen molar-refractivity contribution in [3.05, 3.63) is 54.1 Å². The number of benzene rings is 2. The largest absolute Gasteiger partial charge is 0.325 e. The normalized spacial score (nSPS) is 11.9. The lowest BCUT2D eigenvalue weighted by Gasteiger charge is -2.12. The molecule has 5 nitrogen and oxygen atoms in total. The summed E-state index contributed by atoms with van der Waals surface area (Å²) >= 11 is 1.44. The molecule has 0 aliphatic carbocycles. The molecule has 6 heteroatoms. The fraction of sp³-hybridized carbons (Fsp3) is 0.211. The van der Waals surface area contributed by atoms with Gasteiger partial charge in [0.05, 0.1) is 27.9 Å². The Bertz CT molecular complexity index is 940. The summed E-state index contributed by atoms with van der Waals surface area (Å²) in [5.41, 5.74) is 3.26. The van der Waals surface area contributed by atoms with E-state index in [1.165, 1.54) is 11.8 Å². The van der Waals surface area contributed by atoms with E-state index in [1.807, 2.05) is 31.2 Å². The minimum Gasteiger partial charge on any atom is -0.325 e. The number of rotatable bonds is 5. The maximum absolute atomic E-state index is 12.5. The van der Waals surface area contributed by atoms with E-state index in [-0.39, 0.29) is 11.2 Å². The van der Waals surface area contributed by atoms with Gasteiger partial charge in [0.1, 0.15) is 0 Å². The quantitative estimate of drug-likeness (QED) is 0.705. The molecule has 1 aromatic heterocycles. The number of hydrogen-bond donors (Lipinski definition) is 1. The van der Waals surface area contributed by atoms with Gasteiger partial charge in [0.15, 0.2) is 5.16 Å². The molecule has 1 N–H and O–H groups in total. The van der Waals surface area contributed by atoms with Crippen LogP contribution in [0.2, 0.25) is 0 Å². The zero-order valence-electron chi connectivity index (χ0n) is 14.1. The molecule has 0 saturated carbocycles. The number of carbonyl (C=O) groups is 1. The van der Waals surface area contributed by atoms with Crippen LogP contribution in [0.1, 0.15) is 19.4 Å². The van der Waals surface area contributed by atoms with Crippen molar-refractivity contribution < 1.29 is 4.79 Å². The molecule has 1 heterocycles. The second kappa shape index (κ2) is 7.41. The van der Waals surface area contributed by atoms with Crippen LogP contribution in [0.25, 0.3) is 11.0 Å². The summed E-state index contributed by atoms with van der Waals surface area (Å²) in [5.74, 6) is -0.0931. The lowest BCUT2D eigenvalue weighted by molar-refractivity contribution is -0.115. The van der Waals surface area contributed by atoms with Crippen LogP contribution in [0.3, 0.4) is 0 Å². The van der Waals surface area contributed by atoms with Crippen molar-refractivity contribution in [1.82, 2.24) is 9.55 Å². The minimum atomic E-state index is -0.294. The summed E-state index contributed by atoms with van der Waals surface area (Å²) in [4.78, 5) is 17.1. The highest BCUT2D eigenvalue weighted by atomic mass is 32.2. The third kappa shape index (κ3) is 3.67. The standard InChI is InChI=1S/C19H18N4OS/c1-3-23-17-7-5-4-6-16(17)22-19(23)25-13(2)18(24)21-15-10-8-14(12-20)9-11-15/h4-11,13H,3H2,1-2H3,(H,21,24)/t13-/m0/s1. The molecule has 1 amide bonds. The first-order chi connectivity index (χ1) is 12.1. The number of nitrogens with zero attached hydrogens (tertiary/aromatic N) is 3. The SMILES string of the molecule is CCn1c(S[C@@H](C)C(=O)Nc2ccc(C#N)cc2)nc2ccccc21. The van der Waals surface area contributed by atoms with Crippen molar-refractivity contribution in [3.8, 4) is 6.07 Å². The van der Waals surface area contributed by atoms with E-state index < -0.39 is 0 Å². The van der Waals surface area contributed by atoms with Crippen LogP contribution in [-0.2, 0) is 11.3 Å². The van der Waals surface area contributed by atoms with E-state index in [4.69, 9.17) is 5.26 Å². The van der Waals surface area contributed by atoms with Gasteiger partial charge in [-0.15, -0.1) is 0 Å². The van der Waals surface area contributed by atoms with Crippen molar-refractivity contribution in [2.45, 2.75) is 30.8 Å². The number of aromatic nitrogens is 2. The van der Waals surface area contributed by atoms with E-state index in [0.29, 0.717) is 11.3 Å². The third-order valence-corrected chi connectivity index (χ3v) is 4.96. The first-order valence-electron chi connectivity index (χ1n) is 8.05. The fourth-order valence-corrected chi connectivity index (χ4v) is 3.52. The number of thioether (sulfide) groups is 1. The maximum atomic E-state index is 12.5. The molecule has 0 spiro atoms. The number of para-hydroxylation sites is 2. The lowest BCUT2D eigenvalue weighted by atomic mass is 10.2. The average Bonchev–Trinajstić information content (AvgIpc) is 2.99. The van der Waals surface area contributed by atoms with Gasteiger partial charge in [-0.25, -0.2) is 4.98 Å². The topological polar surface area (TPSA) is 70.7 Å². The molecule has 0 saturated heterocycles. The molecule has 1 atom stereocenters. The maximum Gasteiger partial charge on any atom is 0.237 e. The van der Waals surface area contributed by atoms with Gasteiger partial charge in [0, 0.05) is 12.2 Å². The monoisotopic (exact) mass is 350 g/mol. The molecule has 25 heavy (non-hydrogen) atoms. The summed E-state index contributed by atoms with van der Waals surface area (Å²) in [6.07, 6.45) is 0. The van der Waals surface area contributed by atoms with E-state index >= 15 is 0 Å². The van der Waals surface area contributed by atoms with Crippen LogP contribution in [0, 0.1) is 11.3 Å². The van der Waals surface area contributed by atoms with E-state index in [2.05, 4.69) is 27.9 Å². The van der Waals surface area contributed by atoms with Crippen molar-refractivity contribution in [2.24, 2.45) is 0 Å². The summed E-state index contributed by atoms with van der Waals surface area (Å²) in [6, 6.07) is 16.9. The Morgan fingerprint density at radius 3 is 2.68 bits per heavy atom. The summed E-state index contributed by atoms with van der Waals surface area (Å²) in [7, 11) is 0. The van der Waals surface area contributed by atoms with Gasteiger partial charge in [-0.2, -0.15) is 5.26 Å². The summed E-state index contributed by atoms with van der Waals surface area (Å²) < 4.78 is 2.12. The number of hydrogen-bond acceptors (Lipinski definition) is 4. The molecular formula is C19H18N4OS. The number of imidazole rings is 1. The first-order valence-corrected chi connectivity index (χ1v) is 8.93. The molecule has 3 aromatic rings. The van der Waals surface area contributed by atoms with E-state index in [0.717, 1.165) is 22.7 Å². The van der Waals surface area contributed by atoms with Crippen molar-refractivity contribution in [2.75, 3.05) is 5.32 Å². The van der Waals surface area contributed by atoms with Crippen LogP contribution in [0.4, 0.5) is 5.69 Å². The number of nitriles is 1. The van der Waals surface area contributed by atoms with Gasteiger partial charge >= 0.3 is 0 Å². The first kappa shape index (κ1) is 17.1. The second-order valence-corrected chi connectivity index (χ2v) is 6.87. The Balaban J connectivity index is 1.74. The summed E-state index contributed by atoms with van der Waals surface area (Å²) in [6.45, 7) is 4.73. The molecule has 0 radical (unpaired) electrons. The third-order valence-electron chi connectivity index (χ3n) is 3.87. The van der Waals surface area contributed by atoms with E-state index in [9.17, 15) is 4.79 Å². The van der Waals surface area contributed by atoms with Crippen LogP contribution < -0.4 is 5.32 Å². The van der Waals surface area contributed by atoms with Crippen molar-refractivity contribution in [3.63, 3.8) is 0 Å². The molecule has 0 fully saturated rings. The number of carbonyl (C=O) groups excluding carboxylic acids is 1. The minimum absolute atomic E-state index is 0.0931.